The van der Waals surface area contributed by atoms with E-state index in [0.717, 1.165) is 13.1 Å². The Balaban J connectivity index is 2.28. The number of aliphatic hydroxyl groups excluding tert-OH is 1. The molecule has 0 aromatic rings. The van der Waals surface area contributed by atoms with Crippen LogP contribution in [0.2, 0.25) is 0 Å². The molecule has 3 N–H and O–H groups in total. The number of carbonyl (C=O) groups excluding carboxylic acids is 1. The van der Waals surface area contributed by atoms with Gasteiger partial charge in [0, 0.05) is 24.5 Å². The van der Waals surface area contributed by atoms with E-state index in [-0.39, 0.29) is 23.8 Å². The maximum atomic E-state index is 11.7. The van der Waals surface area contributed by atoms with Crippen LogP contribution in [0, 0.1) is 17.3 Å². The molecule has 4 heteroatoms. The van der Waals surface area contributed by atoms with Crippen LogP contribution in [0.5, 0.6) is 0 Å². The van der Waals surface area contributed by atoms with E-state index in [4.69, 9.17) is 5.11 Å². The molecule has 0 aromatic heterocycles. The standard InChI is InChI=1S/C11H22N2O2/c1-8(9-4-12-5-9)10(15)13-6-11(2,3)7-14/h8-9,12,14H,4-7H2,1-3H3,(H,13,15). The summed E-state index contributed by atoms with van der Waals surface area (Å²) < 4.78 is 0. The Morgan fingerprint density at radius 3 is 2.60 bits per heavy atom. The molecule has 1 heterocycles. The van der Waals surface area contributed by atoms with Gasteiger partial charge in [0.25, 0.3) is 0 Å². The first-order chi connectivity index (χ1) is 6.96. The average molecular weight is 214 g/mol. The number of hydrogen-bond donors (Lipinski definition) is 3. The van der Waals surface area contributed by atoms with Crippen LogP contribution < -0.4 is 10.6 Å². The van der Waals surface area contributed by atoms with Crippen LogP contribution in [0.25, 0.3) is 0 Å². The molecule has 0 radical (unpaired) electrons. The van der Waals surface area contributed by atoms with Gasteiger partial charge in [-0.15, -0.1) is 0 Å². The summed E-state index contributed by atoms with van der Waals surface area (Å²) in [5.74, 6) is 0.644. The van der Waals surface area contributed by atoms with Gasteiger partial charge in [0.05, 0.1) is 0 Å². The van der Waals surface area contributed by atoms with E-state index in [2.05, 4.69) is 10.6 Å². The largest absolute Gasteiger partial charge is 0.396 e. The van der Waals surface area contributed by atoms with E-state index in [1.807, 2.05) is 20.8 Å². The molecule has 1 aliphatic rings. The normalized spacial score (nSPS) is 19.5. The minimum Gasteiger partial charge on any atom is -0.396 e. The predicted octanol–water partition coefficient (Wildman–Crippen LogP) is -0.0234. The van der Waals surface area contributed by atoms with Crippen LogP contribution in [0.4, 0.5) is 0 Å². The summed E-state index contributed by atoms with van der Waals surface area (Å²) in [6.45, 7) is 8.34. The van der Waals surface area contributed by atoms with Crippen molar-refractivity contribution in [1.29, 1.82) is 0 Å². The average Bonchev–Trinajstić information content (AvgIpc) is 2.11. The maximum Gasteiger partial charge on any atom is 0.223 e. The summed E-state index contributed by atoms with van der Waals surface area (Å²) >= 11 is 0. The van der Waals surface area contributed by atoms with E-state index in [1.165, 1.54) is 0 Å². The second-order valence-electron chi connectivity index (χ2n) is 5.25. The smallest absolute Gasteiger partial charge is 0.223 e. The lowest BCUT2D eigenvalue weighted by molar-refractivity contribution is -0.127. The van der Waals surface area contributed by atoms with Crippen molar-refractivity contribution >= 4 is 5.91 Å². The molecule has 0 spiro atoms. The molecule has 0 aromatic carbocycles. The monoisotopic (exact) mass is 214 g/mol. The van der Waals surface area contributed by atoms with Crippen molar-refractivity contribution in [2.75, 3.05) is 26.2 Å². The van der Waals surface area contributed by atoms with E-state index in [0.29, 0.717) is 12.5 Å². The second kappa shape index (κ2) is 4.94. The van der Waals surface area contributed by atoms with Gasteiger partial charge in [0.1, 0.15) is 0 Å². The Morgan fingerprint density at radius 1 is 1.60 bits per heavy atom. The number of nitrogens with one attached hydrogen (secondary N) is 2. The van der Waals surface area contributed by atoms with Crippen LogP contribution in [0.15, 0.2) is 0 Å². The molecule has 1 saturated heterocycles. The van der Waals surface area contributed by atoms with Crippen molar-refractivity contribution in [3.63, 3.8) is 0 Å². The number of hydrogen-bond acceptors (Lipinski definition) is 3. The molecule has 1 rings (SSSR count). The van der Waals surface area contributed by atoms with Gasteiger partial charge in [-0.05, 0) is 19.0 Å². The first-order valence-corrected chi connectivity index (χ1v) is 5.55. The van der Waals surface area contributed by atoms with Crippen LogP contribution in [-0.2, 0) is 4.79 Å². The molecule has 1 fully saturated rings. The molecule has 88 valence electrons. The zero-order valence-corrected chi connectivity index (χ0v) is 9.84. The van der Waals surface area contributed by atoms with Gasteiger partial charge in [-0.1, -0.05) is 20.8 Å². The fourth-order valence-corrected chi connectivity index (χ4v) is 1.42. The Morgan fingerprint density at radius 2 is 2.20 bits per heavy atom. The van der Waals surface area contributed by atoms with Crippen molar-refractivity contribution in [3.8, 4) is 0 Å². The number of amides is 1. The summed E-state index contributed by atoms with van der Waals surface area (Å²) in [5, 5.41) is 15.1. The van der Waals surface area contributed by atoms with Crippen molar-refractivity contribution in [2.45, 2.75) is 20.8 Å². The van der Waals surface area contributed by atoms with E-state index < -0.39 is 0 Å². The van der Waals surface area contributed by atoms with Crippen molar-refractivity contribution in [3.05, 3.63) is 0 Å². The highest BCUT2D eigenvalue weighted by molar-refractivity contribution is 5.78. The van der Waals surface area contributed by atoms with Gasteiger partial charge < -0.3 is 15.7 Å². The second-order valence-corrected chi connectivity index (χ2v) is 5.25. The number of carbonyl (C=O) groups is 1. The van der Waals surface area contributed by atoms with Gasteiger partial charge in [-0.2, -0.15) is 0 Å². The fraction of sp³-hybridized carbons (Fsp3) is 0.909. The van der Waals surface area contributed by atoms with Crippen molar-refractivity contribution in [1.82, 2.24) is 10.6 Å². The topological polar surface area (TPSA) is 61.4 Å². The predicted molar refractivity (Wildman–Crippen MR) is 59.4 cm³/mol. The Hall–Kier alpha value is -0.610. The highest BCUT2D eigenvalue weighted by Crippen LogP contribution is 2.17. The van der Waals surface area contributed by atoms with Gasteiger partial charge >= 0.3 is 0 Å². The third kappa shape index (κ3) is 3.47. The molecule has 1 aliphatic heterocycles. The summed E-state index contributed by atoms with van der Waals surface area (Å²) in [6.07, 6.45) is 0. The molecular weight excluding hydrogens is 192 g/mol. The minimum absolute atomic E-state index is 0.0701. The fourth-order valence-electron chi connectivity index (χ4n) is 1.42. The highest BCUT2D eigenvalue weighted by atomic mass is 16.3. The number of aliphatic hydroxyl groups is 1. The summed E-state index contributed by atoms with van der Waals surface area (Å²) in [4.78, 5) is 11.7. The Kier molecular flexibility index (Phi) is 4.11. The lowest BCUT2D eigenvalue weighted by Crippen LogP contribution is -2.50. The van der Waals surface area contributed by atoms with Crippen molar-refractivity contribution in [2.24, 2.45) is 17.3 Å². The van der Waals surface area contributed by atoms with Crippen molar-refractivity contribution < 1.29 is 9.90 Å². The minimum atomic E-state index is -0.229. The molecule has 0 saturated carbocycles. The first-order valence-electron chi connectivity index (χ1n) is 5.55. The van der Waals surface area contributed by atoms with E-state index >= 15 is 0 Å². The maximum absolute atomic E-state index is 11.7. The van der Waals surface area contributed by atoms with Crippen LogP contribution in [0.3, 0.4) is 0 Å². The summed E-state index contributed by atoms with van der Waals surface area (Å²) in [5.41, 5.74) is -0.229. The number of rotatable bonds is 5. The molecule has 4 nitrogen and oxygen atoms in total. The molecule has 1 unspecified atom stereocenters. The van der Waals surface area contributed by atoms with Crippen LogP contribution in [0.1, 0.15) is 20.8 Å². The third-order valence-corrected chi connectivity index (χ3v) is 3.10. The Bertz CT molecular complexity index is 225. The first kappa shape index (κ1) is 12.5. The summed E-state index contributed by atoms with van der Waals surface area (Å²) in [7, 11) is 0. The van der Waals surface area contributed by atoms with Gasteiger partial charge in [0.2, 0.25) is 5.91 Å². The lowest BCUT2D eigenvalue weighted by Gasteiger charge is -2.32. The molecule has 1 atom stereocenters. The molecule has 1 amide bonds. The molecule has 0 aliphatic carbocycles. The van der Waals surface area contributed by atoms with Crippen LogP contribution in [-0.4, -0.2) is 37.3 Å². The van der Waals surface area contributed by atoms with Crippen LogP contribution >= 0.6 is 0 Å². The highest BCUT2D eigenvalue weighted by Gasteiger charge is 2.29. The third-order valence-electron chi connectivity index (χ3n) is 3.10. The quantitative estimate of drug-likeness (QED) is 0.602. The van der Waals surface area contributed by atoms with Gasteiger partial charge in [0.15, 0.2) is 0 Å². The SMILES string of the molecule is CC(C(=O)NCC(C)(C)CO)C1CNC1. The van der Waals surface area contributed by atoms with Gasteiger partial charge in [-0.3, -0.25) is 4.79 Å². The molecule has 0 bridgehead atoms. The molecular formula is C11H22N2O2. The molecule has 15 heavy (non-hydrogen) atoms. The summed E-state index contributed by atoms with van der Waals surface area (Å²) in [6, 6.07) is 0. The zero-order valence-electron chi connectivity index (χ0n) is 9.84. The van der Waals surface area contributed by atoms with E-state index in [1.54, 1.807) is 0 Å². The lowest BCUT2D eigenvalue weighted by atomic mass is 9.87. The van der Waals surface area contributed by atoms with Gasteiger partial charge in [-0.25, -0.2) is 0 Å². The zero-order chi connectivity index (χ0) is 11.5. The Labute approximate surface area is 91.4 Å². The van der Waals surface area contributed by atoms with E-state index in [9.17, 15) is 4.79 Å².